The molecule has 0 radical (unpaired) electrons. The topological polar surface area (TPSA) is 55.1 Å². The van der Waals surface area contributed by atoms with Crippen molar-refractivity contribution in [3.8, 4) is 0 Å². The van der Waals surface area contributed by atoms with Crippen molar-refractivity contribution in [2.24, 2.45) is 5.73 Å². The summed E-state index contributed by atoms with van der Waals surface area (Å²) in [7, 11) is 0. The van der Waals surface area contributed by atoms with E-state index in [-0.39, 0.29) is 24.9 Å². The van der Waals surface area contributed by atoms with E-state index in [0.29, 0.717) is 6.54 Å². The molecule has 0 aliphatic rings. The van der Waals surface area contributed by atoms with Crippen LogP contribution in [0.25, 0.3) is 0 Å². The molecule has 0 aromatic heterocycles. The summed E-state index contributed by atoms with van der Waals surface area (Å²) in [5, 5.41) is 3.42. The third kappa shape index (κ3) is 5.62. The first-order valence-electron chi connectivity index (χ1n) is 4.43. The molecule has 0 aliphatic carbocycles. The quantitative estimate of drug-likeness (QED) is 0.846. The normalized spacial score (nSPS) is 9.20. The highest BCUT2D eigenvalue weighted by molar-refractivity contribution is 6.30. The molecule has 0 aliphatic heterocycles. The van der Waals surface area contributed by atoms with Gasteiger partial charge in [0.05, 0.1) is 6.54 Å². The van der Waals surface area contributed by atoms with Gasteiger partial charge in [-0.25, -0.2) is 0 Å². The van der Waals surface area contributed by atoms with Crippen LogP contribution in [-0.2, 0) is 11.2 Å². The summed E-state index contributed by atoms with van der Waals surface area (Å²) >= 11 is 5.73. The van der Waals surface area contributed by atoms with Crippen LogP contribution in [0.2, 0.25) is 5.02 Å². The van der Waals surface area contributed by atoms with Crippen molar-refractivity contribution in [3.05, 3.63) is 34.9 Å². The molecule has 0 fully saturated rings. The maximum atomic E-state index is 10.8. The molecule has 1 aromatic carbocycles. The summed E-state index contributed by atoms with van der Waals surface area (Å²) in [6.45, 7) is 0.651. The van der Waals surface area contributed by atoms with Crippen molar-refractivity contribution in [1.82, 2.24) is 5.32 Å². The van der Waals surface area contributed by atoms with Gasteiger partial charge in [-0.3, -0.25) is 4.79 Å². The van der Waals surface area contributed by atoms with Crippen molar-refractivity contribution >= 4 is 29.9 Å². The fourth-order valence-corrected chi connectivity index (χ4v) is 1.20. The van der Waals surface area contributed by atoms with Crippen LogP contribution in [0.3, 0.4) is 0 Å². The molecule has 15 heavy (non-hydrogen) atoms. The van der Waals surface area contributed by atoms with Gasteiger partial charge in [0, 0.05) is 11.6 Å². The van der Waals surface area contributed by atoms with Crippen LogP contribution >= 0.6 is 24.0 Å². The monoisotopic (exact) mass is 248 g/mol. The maximum Gasteiger partial charge on any atom is 0.233 e. The third-order valence-electron chi connectivity index (χ3n) is 1.83. The second kappa shape index (κ2) is 7.51. The first kappa shape index (κ1) is 14.2. The summed E-state index contributed by atoms with van der Waals surface area (Å²) in [6.07, 6.45) is 0.795. The number of hydrogen-bond acceptors (Lipinski definition) is 2. The molecular formula is C10H14Cl2N2O. The van der Waals surface area contributed by atoms with E-state index >= 15 is 0 Å². The molecule has 0 bridgehead atoms. The Morgan fingerprint density at radius 1 is 1.33 bits per heavy atom. The van der Waals surface area contributed by atoms with Crippen LogP contribution < -0.4 is 11.1 Å². The highest BCUT2D eigenvalue weighted by atomic mass is 35.5. The molecule has 0 unspecified atom stereocenters. The zero-order valence-electron chi connectivity index (χ0n) is 8.20. The molecule has 0 spiro atoms. The van der Waals surface area contributed by atoms with Gasteiger partial charge in [0.15, 0.2) is 0 Å². The molecule has 0 atom stereocenters. The van der Waals surface area contributed by atoms with Gasteiger partial charge in [-0.1, -0.05) is 23.7 Å². The van der Waals surface area contributed by atoms with E-state index in [1.807, 2.05) is 24.3 Å². The number of carbonyl (C=O) groups is 1. The van der Waals surface area contributed by atoms with E-state index in [4.69, 9.17) is 17.3 Å². The summed E-state index contributed by atoms with van der Waals surface area (Å²) in [6, 6.07) is 7.55. The number of hydrogen-bond donors (Lipinski definition) is 2. The van der Waals surface area contributed by atoms with E-state index in [9.17, 15) is 4.79 Å². The van der Waals surface area contributed by atoms with Crippen LogP contribution in [0.4, 0.5) is 0 Å². The van der Waals surface area contributed by atoms with Gasteiger partial charge in [-0.2, -0.15) is 0 Å². The standard InChI is InChI=1S/C10H13ClN2O.ClH/c11-9-3-1-8(2-4-9)5-6-13-10(14)7-12;/h1-4H,5-7,12H2,(H,13,14);1H. The van der Waals surface area contributed by atoms with E-state index < -0.39 is 0 Å². The minimum atomic E-state index is -0.126. The molecule has 84 valence electrons. The third-order valence-corrected chi connectivity index (χ3v) is 2.09. The van der Waals surface area contributed by atoms with Crippen molar-refractivity contribution in [2.45, 2.75) is 6.42 Å². The van der Waals surface area contributed by atoms with Crippen molar-refractivity contribution in [1.29, 1.82) is 0 Å². The minimum absolute atomic E-state index is 0. The lowest BCUT2D eigenvalue weighted by Crippen LogP contribution is -2.31. The molecule has 0 saturated carbocycles. The summed E-state index contributed by atoms with van der Waals surface area (Å²) in [4.78, 5) is 10.8. The molecule has 5 heteroatoms. The van der Waals surface area contributed by atoms with Gasteiger partial charge in [0.1, 0.15) is 0 Å². The fraction of sp³-hybridized carbons (Fsp3) is 0.300. The van der Waals surface area contributed by atoms with Crippen LogP contribution in [0.15, 0.2) is 24.3 Å². The van der Waals surface area contributed by atoms with Gasteiger partial charge in [-0.15, -0.1) is 12.4 Å². The van der Waals surface area contributed by atoms with Crippen molar-refractivity contribution < 1.29 is 4.79 Å². The molecule has 0 saturated heterocycles. The van der Waals surface area contributed by atoms with E-state index in [1.165, 1.54) is 0 Å². The number of halogens is 2. The van der Waals surface area contributed by atoms with E-state index in [1.54, 1.807) is 0 Å². The minimum Gasteiger partial charge on any atom is -0.355 e. The molecule has 0 heterocycles. The van der Waals surface area contributed by atoms with Gasteiger partial charge >= 0.3 is 0 Å². The first-order chi connectivity index (χ1) is 6.72. The second-order valence-corrected chi connectivity index (χ2v) is 3.37. The van der Waals surface area contributed by atoms with Crippen molar-refractivity contribution in [2.75, 3.05) is 13.1 Å². The highest BCUT2D eigenvalue weighted by Crippen LogP contribution is 2.09. The van der Waals surface area contributed by atoms with Crippen LogP contribution in [0.5, 0.6) is 0 Å². The first-order valence-corrected chi connectivity index (χ1v) is 4.81. The van der Waals surface area contributed by atoms with Gasteiger partial charge in [0.25, 0.3) is 0 Å². The molecule has 1 rings (SSSR count). The molecule has 3 nitrogen and oxygen atoms in total. The lowest BCUT2D eigenvalue weighted by Gasteiger charge is -2.03. The van der Waals surface area contributed by atoms with Gasteiger partial charge in [-0.05, 0) is 24.1 Å². The summed E-state index contributed by atoms with van der Waals surface area (Å²) in [5.41, 5.74) is 6.29. The second-order valence-electron chi connectivity index (χ2n) is 2.93. The Labute approximate surface area is 100 Å². The Bertz CT molecular complexity index is 301. The Morgan fingerprint density at radius 3 is 2.47 bits per heavy atom. The van der Waals surface area contributed by atoms with Crippen molar-refractivity contribution in [3.63, 3.8) is 0 Å². The van der Waals surface area contributed by atoms with E-state index in [2.05, 4.69) is 5.32 Å². The zero-order chi connectivity index (χ0) is 10.4. The Kier molecular flexibility index (Phi) is 7.13. The lowest BCUT2D eigenvalue weighted by molar-refractivity contribution is -0.119. The number of carbonyl (C=O) groups excluding carboxylic acids is 1. The molecular weight excluding hydrogens is 235 g/mol. The largest absolute Gasteiger partial charge is 0.355 e. The highest BCUT2D eigenvalue weighted by Gasteiger charge is 1.96. The average Bonchev–Trinajstić information content (AvgIpc) is 2.21. The number of rotatable bonds is 4. The molecule has 3 N–H and O–H groups in total. The summed E-state index contributed by atoms with van der Waals surface area (Å²) in [5.74, 6) is -0.126. The zero-order valence-corrected chi connectivity index (χ0v) is 9.77. The fourth-order valence-electron chi connectivity index (χ4n) is 1.07. The predicted octanol–water partition coefficient (Wildman–Crippen LogP) is 1.38. The molecule has 1 amide bonds. The van der Waals surface area contributed by atoms with Gasteiger partial charge in [0.2, 0.25) is 5.91 Å². The predicted molar refractivity (Wildman–Crippen MR) is 64.5 cm³/mol. The smallest absolute Gasteiger partial charge is 0.233 e. The molecule has 1 aromatic rings. The van der Waals surface area contributed by atoms with Gasteiger partial charge < -0.3 is 11.1 Å². The Morgan fingerprint density at radius 2 is 1.93 bits per heavy atom. The SMILES string of the molecule is Cl.NCC(=O)NCCc1ccc(Cl)cc1. The number of benzene rings is 1. The van der Waals surface area contributed by atoms with Crippen LogP contribution in [-0.4, -0.2) is 19.0 Å². The Balaban J connectivity index is 0.00000196. The number of nitrogens with two attached hydrogens (primary N) is 1. The average molecular weight is 249 g/mol. The van der Waals surface area contributed by atoms with Crippen LogP contribution in [0, 0.1) is 0 Å². The summed E-state index contributed by atoms with van der Waals surface area (Å²) < 4.78 is 0. The lowest BCUT2D eigenvalue weighted by atomic mass is 10.1. The van der Waals surface area contributed by atoms with E-state index in [0.717, 1.165) is 17.0 Å². The van der Waals surface area contributed by atoms with Crippen LogP contribution in [0.1, 0.15) is 5.56 Å². The Hall–Kier alpha value is -0.770. The number of nitrogens with one attached hydrogen (secondary N) is 1. The number of amides is 1. The maximum absolute atomic E-state index is 10.8.